The lowest BCUT2D eigenvalue weighted by atomic mass is 9.82. The van der Waals surface area contributed by atoms with E-state index in [2.05, 4.69) is 182 Å². The molecule has 4 heterocycles. The lowest BCUT2D eigenvalue weighted by Gasteiger charge is -2.22. The van der Waals surface area contributed by atoms with Gasteiger partial charge in [0, 0.05) is 45.4 Å². The topological polar surface area (TPSA) is 35.6 Å². The highest BCUT2D eigenvalue weighted by molar-refractivity contribution is 6.37. The van der Waals surface area contributed by atoms with E-state index in [1.54, 1.807) is 0 Å². The average Bonchev–Trinajstić information content (AvgIpc) is 3.94. The first-order valence-electron chi connectivity index (χ1n) is 21.1. The van der Waals surface area contributed by atoms with E-state index in [0.717, 1.165) is 33.4 Å². The molecule has 0 radical (unpaired) electrons. The van der Waals surface area contributed by atoms with Crippen LogP contribution in [-0.4, -0.2) is 19.1 Å². The van der Waals surface area contributed by atoms with Gasteiger partial charge in [-0.2, -0.15) is 0 Å². The van der Waals surface area contributed by atoms with Crippen LogP contribution in [0.25, 0.3) is 110 Å². The third-order valence-corrected chi connectivity index (χ3v) is 14.5. The molecule has 2 aliphatic rings. The molecule has 0 bridgehead atoms. The Morgan fingerprint density at radius 1 is 0.367 bits per heavy atom. The molecule has 4 heteroatoms. The number of rotatable bonds is 2. The van der Waals surface area contributed by atoms with Crippen molar-refractivity contribution in [3.8, 4) is 33.6 Å². The van der Waals surface area contributed by atoms with Crippen molar-refractivity contribution in [1.29, 1.82) is 0 Å². The van der Waals surface area contributed by atoms with Crippen molar-refractivity contribution in [3.05, 3.63) is 180 Å². The molecule has 60 heavy (non-hydrogen) atoms. The van der Waals surface area contributed by atoms with E-state index >= 15 is 0 Å². The predicted molar refractivity (Wildman–Crippen MR) is 250 cm³/mol. The number of hydrogen-bond acceptors (Lipinski definition) is 2. The lowest BCUT2D eigenvalue weighted by molar-refractivity contribution is 0.660. The van der Waals surface area contributed by atoms with Crippen LogP contribution >= 0.6 is 0 Å². The van der Waals surface area contributed by atoms with Gasteiger partial charge in [0.05, 0.1) is 33.1 Å². The van der Waals surface area contributed by atoms with Crippen LogP contribution < -0.4 is 0 Å². The Morgan fingerprint density at radius 3 is 1.27 bits per heavy atom. The van der Waals surface area contributed by atoms with E-state index in [1.807, 2.05) is 12.4 Å². The molecule has 0 spiro atoms. The van der Waals surface area contributed by atoms with Gasteiger partial charge in [-0.25, -0.2) is 0 Å². The fourth-order valence-electron chi connectivity index (χ4n) is 11.8. The van der Waals surface area contributed by atoms with Crippen LogP contribution in [0.15, 0.2) is 158 Å². The maximum atomic E-state index is 5.11. The van der Waals surface area contributed by atoms with Gasteiger partial charge in [-0.1, -0.05) is 113 Å². The van der Waals surface area contributed by atoms with E-state index in [0.29, 0.717) is 0 Å². The van der Waals surface area contributed by atoms with Gasteiger partial charge >= 0.3 is 0 Å². The SMILES string of the molecule is CC1(C)c2ccccc2-c2ccc(-n3c4cccnc4c4c5ccc6cc7c(c8ccc(cc43)c5c68)c3ncccc3n7-c3ccc4c(c3)C(C)(C)c3ccccc3-4)cc21. The van der Waals surface area contributed by atoms with Crippen LogP contribution in [0.3, 0.4) is 0 Å². The smallest absolute Gasteiger partial charge is 0.0969 e. The van der Waals surface area contributed by atoms with Crippen LogP contribution in [0.1, 0.15) is 49.9 Å². The molecule has 0 atom stereocenters. The molecule has 282 valence electrons. The summed E-state index contributed by atoms with van der Waals surface area (Å²) < 4.78 is 4.88. The van der Waals surface area contributed by atoms with E-state index in [9.17, 15) is 0 Å². The predicted octanol–water partition coefficient (Wildman–Crippen LogP) is 14.2. The first kappa shape index (κ1) is 32.6. The maximum Gasteiger partial charge on any atom is 0.0969 e. The van der Waals surface area contributed by atoms with E-state index in [-0.39, 0.29) is 10.8 Å². The standard InChI is InChI=1S/C56H38N4/c1-55(2)41-13-7-5-11-35(41)37-23-19-33(29-43(37)55)59-45-15-9-25-57-53(45)51-39-21-18-32-28-48-52(40-22-17-31(27-47(51)59)49(39)50(32)40)54-46(16-10-26-58-54)60(48)34-20-24-38-36-12-6-8-14-42(36)56(3,4)44(38)30-34/h5-30H,1-4H3. The minimum atomic E-state index is -0.0952. The van der Waals surface area contributed by atoms with Crippen LogP contribution in [0.5, 0.6) is 0 Å². The number of pyridine rings is 2. The summed E-state index contributed by atoms with van der Waals surface area (Å²) in [6, 6.07) is 54.6. The third kappa shape index (κ3) is 3.84. The van der Waals surface area contributed by atoms with E-state index in [4.69, 9.17) is 9.97 Å². The summed E-state index contributed by atoms with van der Waals surface area (Å²) in [5, 5.41) is 9.86. The van der Waals surface area contributed by atoms with Crippen LogP contribution in [-0.2, 0) is 10.8 Å². The van der Waals surface area contributed by atoms with Gasteiger partial charge in [-0.3, -0.25) is 9.97 Å². The molecule has 0 fully saturated rings. The third-order valence-electron chi connectivity index (χ3n) is 14.5. The molecule has 8 aromatic carbocycles. The van der Waals surface area contributed by atoms with Gasteiger partial charge in [0.1, 0.15) is 0 Å². The van der Waals surface area contributed by atoms with Gasteiger partial charge in [-0.15, -0.1) is 0 Å². The number of fused-ring (bicyclic) bond motifs is 14. The zero-order valence-electron chi connectivity index (χ0n) is 33.8. The fraction of sp³-hybridized carbons (Fsp3) is 0.107. The second-order valence-electron chi connectivity index (χ2n) is 18.2. The highest BCUT2D eigenvalue weighted by atomic mass is 15.0. The van der Waals surface area contributed by atoms with Crippen molar-refractivity contribution in [2.45, 2.75) is 38.5 Å². The largest absolute Gasteiger partial charge is 0.308 e. The van der Waals surface area contributed by atoms with Gasteiger partial charge in [0.25, 0.3) is 0 Å². The number of aromatic nitrogens is 4. The molecule has 14 rings (SSSR count). The molecular formula is C56H38N4. The molecular weight excluding hydrogens is 729 g/mol. The Kier molecular flexibility index (Phi) is 5.90. The summed E-state index contributed by atoms with van der Waals surface area (Å²) >= 11 is 0. The second kappa shape index (κ2) is 10.8. The van der Waals surface area contributed by atoms with Gasteiger partial charge < -0.3 is 9.13 Å². The summed E-state index contributed by atoms with van der Waals surface area (Å²) in [7, 11) is 0. The van der Waals surface area contributed by atoms with Crippen molar-refractivity contribution < 1.29 is 0 Å². The first-order chi connectivity index (χ1) is 29.3. The van der Waals surface area contributed by atoms with Crippen LogP contribution in [0.2, 0.25) is 0 Å². The molecule has 0 aliphatic heterocycles. The zero-order chi connectivity index (χ0) is 39.8. The maximum absolute atomic E-state index is 5.11. The minimum absolute atomic E-state index is 0.0952. The fourth-order valence-corrected chi connectivity index (χ4v) is 11.8. The monoisotopic (exact) mass is 766 g/mol. The molecule has 4 aromatic heterocycles. The van der Waals surface area contributed by atoms with Gasteiger partial charge in [0.2, 0.25) is 0 Å². The summed E-state index contributed by atoms with van der Waals surface area (Å²) in [4.78, 5) is 10.2. The average molecular weight is 767 g/mol. The molecule has 4 nitrogen and oxygen atoms in total. The summed E-state index contributed by atoms with van der Waals surface area (Å²) in [6.07, 6.45) is 3.88. The Morgan fingerprint density at radius 2 is 0.800 bits per heavy atom. The minimum Gasteiger partial charge on any atom is -0.308 e. The molecule has 0 saturated carbocycles. The molecule has 12 aromatic rings. The number of nitrogens with zero attached hydrogens (tertiary/aromatic N) is 4. The number of hydrogen-bond donors (Lipinski definition) is 0. The Labute approximate surface area is 346 Å². The molecule has 0 saturated heterocycles. The van der Waals surface area contributed by atoms with Crippen molar-refractivity contribution >= 4 is 76.2 Å². The lowest BCUT2D eigenvalue weighted by Crippen LogP contribution is -2.15. The first-order valence-corrected chi connectivity index (χ1v) is 21.1. The van der Waals surface area contributed by atoms with E-state index < -0.39 is 0 Å². The quantitative estimate of drug-likeness (QED) is 0.164. The molecule has 0 unspecified atom stereocenters. The molecule has 0 amide bonds. The summed E-state index contributed by atoms with van der Waals surface area (Å²) in [5.41, 5.74) is 19.6. The Bertz CT molecular complexity index is 3640. The highest BCUT2D eigenvalue weighted by Gasteiger charge is 2.37. The normalized spacial score (nSPS) is 14.9. The Hall–Kier alpha value is -7.30. The van der Waals surface area contributed by atoms with Crippen molar-refractivity contribution in [2.24, 2.45) is 0 Å². The highest BCUT2D eigenvalue weighted by Crippen LogP contribution is 2.52. The molecule has 0 N–H and O–H groups in total. The summed E-state index contributed by atoms with van der Waals surface area (Å²) in [5.74, 6) is 0. The number of benzene rings is 8. The van der Waals surface area contributed by atoms with Crippen molar-refractivity contribution in [1.82, 2.24) is 19.1 Å². The summed E-state index contributed by atoms with van der Waals surface area (Å²) in [6.45, 7) is 9.43. The Balaban J connectivity index is 1.03. The van der Waals surface area contributed by atoms with E-state index in [1.165, 1.54) is 98.6 Å². The van der Waals surface area contributed by atoms with Gasteiger partial charge in [-0.05, 0) is 137 Å². The van der Waals surface area contributed by atoms with Crippen molar-refractivity contribution in [2.75, 3.05) is 0 Å². The van der Waals surface area contributed by atoms with Crippen molar-refractivity contribution in [3.63, 3.8) is 0 Å². The molecule has 2 aliphatic carbocycles. The van der Waals surface area contributed by atoms with Crippen LogP contribution in [0.4, 0.5) is 0 Å². The van der Waals surface area contributed by atoms with Gasteiger partial charge in [0.15, 0.2) is 0 Å². The zero-order valence-corrected chi connectivity index (χ0v) is 33.8. The van der Waals surface area contributed by atoms with Crippen LogP contribution in [0, 0.1) is 0 Å². The second-order valence-corrected chi connectivity index (χ2v) is 18.2.